The van der Waals surface area contributed by atoms with E-state index in [0.717, 1.165) is 16.7 Å². The molecule has 3 aromatic rings. The largest absolute Gasteiger partial charge is 0.366 e. The summed E-state index contributed by atoms with van der Waals surface area (Å²) in [7, 11) is 0. The Kier molecular flexibility index (Phi) is 4.17. The number of hydrogen-bond donors (Lipinski definition) is 2. The molecule has 28 heavy (non-hydrogen) atoms. The number of nitrogens with one attached hydrogen (secondary N) is 1. The van der Waals surface area contributed by atoms with Gasteiger partial charge >= 0.3 is 0 Å². The minimum absolute atomic E-state index is 0.415. The number of aromatic nitrogens is 3. The molecule has 7 heteroatoms. The van der Waals surface area contributed by atoms with Crippen molar-refractivity contribution in [3.8, 4) is 17.5 Å². The van der Waals surface area contributed by atoms with E-state index in [1.54, 1.807) is 23.7 Å². The predicted octanol–water partition coefficient (Wildman–Crippen LogP) is 2.90. The van der Waals surface area contributed by atoms with Crippen LogP contribution in [0, 0.1) is 18.3 Å². The average molecular weight is 370 g/mol. The summed E-state index contributed by atoms with van der Waals surface area (Å²) >= 11 is 0. The third-order valence-electron chi connectivity index (χ3n) is 4.75. The molecule has 3 N–H and O–H groups in total. The maximum atomic E-state index is 12.2. The zero-order chi connectivity index (χ0) is 19.8. The monoisotopic (exact) mass is 370 g/mol. The quantitative estimate of drug-likeness (QED) is 0.737. The van der Waals surface area contributed by atoms with Crippen molar-refractivity contribution in [2.45, 2.75) is 19.9 Å². The number of carbonyl (C=O) groups excluding carboxylic acids is 1. The van der Waals surface area contributed by atoms with Gasteiger partial charge in [-0.1, -0.05) is 35.9 Å². The summed E-state index contributed by atoms with van der Waals surface area (Å²) < 4.78 is 1.67. The van der Waals surface area contributed by atoms with Crippen LogP contribution < -0.4 is 11.1 Å². The average Bonchev–Trinajstić information content (AvgIpc) is 3.10. The molecular weight excluding hydrogens is 352 g/mol. The fraction of sp³-hybridized carbons (Fsp3) is 0.143. The zero-order valence-corrected chi connectivity index (χ0v) is 15.5. The van der Waals surface area contributed by atoms with Gasteiger partial charge in [0.15, 0.2) is 5.82 Å². The van der Waals surface area contributed by atoms with E-state index in [1.807, 2.05) is 43.3 Å². The number of primary amides is 1. The maximum absolute atomic E-state index is 12.2. The van der Waals surface area contributed by atoms with E-state index in [-0.39, 0.29) is 0 Å². The molecule has 1 aliphatic heterocycles. The van der Waals surface area contributed by atoms with Crippen LogP contribution in [0.5, 0.6) is 0 Å². The second-order valence-electron chi connectivity index (χ2n) is 6.74. The fourth-order valence-electron chi connectivity index (χ4n) is 3.42. The van der Waals surface area contributed by atoms with E-state index in [9.17, 15) is 4.79 Å². The summed E-state index contributed by atoms with van der Waals surface area (Å²) in [5.74, 6) is 0.564. The highest BCUT2D eigenvalue weighted by Gasteiger charge is 2.33. The number of aryl methyl sites for hydroxylation is 1. The summed E-state index contributed by atoms with van der Waals surface area (Å²) in [6.07, 6.45) is 0. The van der Waals surface area contributed by atoms with Gasteiger partial charge in [0.2, 0.25) is 11.9 Å². The van der Waals surface area contributed by atoms with Crippen LogP contribution >= 0.6 is 0 Å². The molecule has 1 aliphatic rings. The molecule has 1 aromatic heterocycles. The van der Waals surface area contributed by atoms with Gasteiger partial charge in [-0.05, 0) is 37.6 Å². The molecule has 1 atom stereocenters. The minimum Gasteiger partial charge on any atom is -0.366 e. The first-order chi connectivity index (χ1) is 13.5. The minimum atomic E-state index is -0.530. The van der Waals surface area contributed by atoms with Crippen molar-refractivity contribution in [2.75, 3.05) is 5.32 Å². The Morgan fingerprint density at radius 2 is 1.96 bits per heavy atom. The number of rotatable bonds is 3. The van der Waals surface area contributed by atoms with Crippen molar-refractivity contribution in [1.82, 2.24) is 14.8 Å². The number of nitrogens with two attached hydrogens (primary N) is 1. The molecule has 0 fully saturated rings. The van der Waals surface area contributed by atoms with Crippen molar-refractivity contribution < 1.29 is 4.79 Å². The lowest BCUT2D eigenvalue weighted by atomic mass is 9.95. The van der Waals surface area contributed by atoms with E-state index < -0.39 is 11.9 Å². The molecular formula is C21H18N6O. The molecule has 1 unspecified atom stereocenters. The molecule has 0 bridgehead atoms. The highest BCUT2D eigenvalue weighted by atomic mass is 16.1. The summed E-state index contributed by atoms with van der Waals surface area (Å²) in [5.41, 5.74) is 10.1. The highest BCUT2D eigenvalue weighted by molar-refractivity contribution is 5.95. The Morgan fingerprint density at radius 3 is 2.61 bits per heavy atom. The molecule has 138 valence electrons. The van der Waals surface area contributed by atoms with Gasteiger partial charge in [0.25, 0.3) is 0 Å². The van der Waals surface area contributed by atoms with Crippen LogP contribution in [0.15, 0.2) is 59.8 Å². The Hall–Kier alpha value is -3.92. The van der Waals surface area contributed by atoms with Crippen molar-refractivity contribution in [2.24, 2.45) is 5.73 Å². The Balaban J connectivity index is 1.87. The lowest BCUT2D eigenvalue weighted by Crippen LogP contribution is -2.31. The first-order valence-electron chi connectivity index (χ1n) is 8.79. The van der Waals surface area contributed by atoms with Gasteiger partial charge in [0.05, 0.1) is 17.2 Å². The predicted molar refractivity (Wildman–Crippen MR) is 105 cm³/mol. The van der Waals surface area contributed by atoms with Crippen molar-refractivity contribution in [1.29, 1.82) is 5.26 Å². The van der Waals surface area contributed by atoms with Gasteiger partial charge in [0.1, 0.15) is 6.04 Å². The van der Waals surface area contributed by atoms with Crippen LogP contribution in [-0.4, -0.2) is 20.7 Å². The standard InChI is InChI=1S/C21H18N6O/c1-12-4-3-5-16(10-12)20-25-21-24-13(2)17(19(23)28)18(27(21)26-20)15-8-6-14(11-22)7-9-15/h3-10,18H,1-2H3,(H2,23,28)(H,24,25,26). The molecule has 1 amide bonds. The SMILES string of the molecule is CC1=C(C(N)=O)C(c2ccc(C#N)cc2)n2nc(-c3cccc(C)c3)nc2N1. The summed E-state index contributed by atoms with van der Waals surface area (Å²) in [4.78, 5) is 16.8. The Morgan fingerprint density at radius 1 is 1.21 bits per heavy atom. The fourth-order valence-corrected chi connectivity index (χ4v) is 3.42. The van der Waals surface area contributed by atoms with E-state index in [2.05, 4.69) is 21.5 Å². The van der Waals surface area contributed by atoms with E-state index in [1.165, 1.54) is 0 Å². The third kappa shape index (κ3) is 2.91. The van der Waals surface area contributed by atoms with Gasteiger partial charge < -0.3 is 11.1 Å². The second-order valence-corrected chi connectivity index (χ2v) is 6.74. The normalized spacial score (nSPS) is 15.5. The molecule has 0 spiro atoms. The van der Waals surface area contributed by atoms with E-state index in [4.69, 9.17) is 11.0 Å². The number of amides is 1. The number of anilines is 1. The Bertz CT molecular complexity index is 1150. The van der Waals surface area contributed by atoms with Gasteiger partial charge in [-0.15, -0.1) is 5.10 Å². The number of carbonyl (C=O) groups is 1. The lowest BCUT2D eigenvalue weighted by molar-refractivity contribution is -0.115. The van der Waals surface area contributed by atoms with E-state index in [0.29, 0.717) is 28.6 Å². The lowest BCUT2D eigenvalue weighted by Gasteiger charge is -2.27. The van der Waals surface area contributed by atoms with Crippen LogP contribution in [0.1, 0.15) is 29.7 Å². The van der Waals surface area contributed by atoms with Crippen molar-refractivity contribution in [3.63, 3.8) is 0 Å². The topological polar surface area (TPSA) is 110 Å². The number of nitrogens with zero attached hydrogens (tertiary/aromatic N) is 4. The molecule has 7 nitrogen and oxygen atoms in total. The Labute approximate surface area is 162 Å². The van der Waals surface area contributed by atoms with Crippen molar-refractivity contribution in [3.05, 3.63) is 76.5 Å². The van der Waals surface area contributed by atoms with Gasteiger partial charge in [0, 0.05) is 11.3 Å². The molecule has 0 saturated carbocycles. The van der Waals surface area contributed by atoms with Crippen LogP contribution in [0.3, 0.4) is 0 Å². The van der Waals surface area contributed by atoms with Crippen LogP contribution in [0.2, 0.25) is 0 Å². The summed E-state index contributed by atoms with van der Waals surface area (Å²) in [6, 6.07) is 16.5. The van der Waals surface area contributed by atoms with Gasteiger partial charge in [-0.3, -0.25) is 4.79 Å². The van der Waals surface area contributed by atoms with Gasteiger partial charge in [-0.2, -0.15) is 10.2 Å². The van der Waals surface area contributed by atoms with Crippen LogP contribution in [0.4, 0.5) is 5.95 Å². The van der Waals surface area contributed by atoms with E-state index >= 15 is 0 Å². The number of nitriles is 1. The molecule has 2 aromatic carbocycles. The van der Waals surface area contributed by atoms with Crippen molar-refractivity contribution >= 4 is 11.9 Å². The molecule has 2 heterocycles. The van der Waals surface area contributed by atoms with Crippen LogP contribution in [-0.2, 0) is 4.79 Å². The number of allylic oxidation sites excluding steroid dienone is 1. The van der Waals surface area contributed by atoms with Crippen LogP contribution in [0.25, 0.3) is 11.4 Å². The highest BCUT2D eigenvalue weighted by Crippen LogP contribution is 2.36. The number of benzene rings is 2. The number of hydrogen-bond acceptors (Lipinski definition) is 5. The molecule has 4 rings (SSSR count). The number of fused-ring (bicyclic) bond motifs is 1. The summed E-state index contributed by atoms with van der Waals surface area (Å²) in [5, 5.41) is 16.9. The van der Waals surface area contributed by atoms with Gasteiger partial charge in [-0.25, -0.2) is 4.68 Å². The maximum Gasteiger partial charge on any atom is 0.248 e. The smallest absolute Gasteiger partial charge is 0.248 e. The molecule has 0 radical (unpaired) electrons. The first kappa shape index (κ1) is 17.5. The molecule has 0 saturated heterocycles. The summed E-state index contributed by atoms with van der Waals surface area (Å²) in [6.45, 7) is 3.80. The third-order valence-corrected chi connectivity index (χ3v) is 4.75. The molecule has 0 aliphatic carbocycles. The second kappa shape index (κ2) is 6.67. The first-order valence-corrected chi connectivity index (χ1v) is 8.79. The zero-order valence-electron chi connectivity index (χ0n) is 15.5.